The molecule has 0 bridgehead atoms. The number of nitrogens with two attached hydrogens (primary N) is 1. The first-order valence-electron chi connectivity index (χ1n) is 11.5. The van der Waals surface area contributed by atoms with Gasteiger partial charge in [-0.3, -0.25) is 9.42 Å². The second kappa shape index (κ2) is 13.9. The third-order valence-corrected chi connectivity index (χ3v) is 6.15. The van der Waals surface area contributed by atoms with Gasteiger partial charge in [0, 0.05) is 12.6 Å². The lowest BCUT2D eigenvalue weighted by Gasteiger charge is -2.33. The molecule has 2 aliphatic rings. The number of carbonyl (C=O) groups excluding carboxylic acids is 3. The molecular formula is C21H34N3O13P. The van der Waals surface area contributed by atoms with E-state index < -0.39 is 82.7 Å². The first-order valence-corrected chi connectivity index (χ1v) is 13.0. The highest BCUT2D eigenvalue weighted by Crippen LogP contribution is 2.51. The van der Waals surface area contributed by atoms with Crippen molar-refractivity contribution >= 4 is 26.2 Å². The van der Waals surface area contributed by atoms with E-state index in [0.29, 0.717) is 0 Å². The highest BCUT2D eigenvalue weighted by molar-refractivity contribution is 7.48. The molecule has 0 aromatic rings. The maximum absolute atomic E-state index is 13.2. The van der Waals surface area contributed by atoms with E-state index in [1.54, 1.807) is 27.7 Å². The van der Waals surface area contributed by atoms with Crippen LogP contribution >= 0.6 is 7.82 Å². The zero-order chi connectivity index (χ0) is 28.5. The van der Waals surface area contributed by atoms with Crippen molar-refractivity contribution in [3.8, 4) is 0 Å². The van der Waals surface area contributed by atoms with E-state index in [4.69, 9.17) is 33.5 Å². The molecule has 0 aromatic heterocycles. The number of hydrogen-bond donors (Lipinski definition) is 3. The van der Waals surface area contributed by atoms with Crippen LogP contribution in [0.3, 0.4) is 0 Å². The number of phosphoric ester groups is 1. The van der Waals surface area contributed by atoms with Gasteiger partial charge < -0.3 is 39.8 Å². The molecule has 1 saturated heterocycles. The second-order valence-electron chi connectivity index (χ2n) is 8.54. The summed E-state index contributed by atoms with van der Waals surface area (Å²) in [7, 11) is -4.64. The van der Waals surface area contributed by atoms with E-state index in [0.717, 1.165) is 0 Å². The van der Waals surface area contributed by atoms with E-state index >= 15 is 0 Å². The molecule has 0 spiro atoms. The molecule has 38 heavy (non-hydrogen) atoms. The number of carbonyl (C=O) groups is 3. The third-order valence-electron chi connectivity index (χ3n) is 4.87. The van der Waals surface area contributed by atoms with Crippen molar-refractivity contribution in [2.45, 2.75) is 70.4 Å². The monoisotopic (exact) mass is 567 g/mol. The number of urea groups is 1. The summed E-state index contributed by atoms with van der Waals surface area (Å²) >= 11 is 0. The quantitative estimate of drug-likeness (QED) is 0.126. The Hall–Kier alpha value is -2.72. The number of nitrogens with one attached hydrogen (secondary N) is 1. The normalized spacial score (nSPS) is 25.3. The molecule has 4 N–H and O–H groups in total. The van der Waals surface area contributed by atoms with Crippen molar-refractivity contribution in [3.05, 3.63) is 24.9 Å². The van der Waals surface area contributed by atoms with Crippen LogP contribution in [-0.2, 0) is 41.8 Å². The summed E-state index contributed by atoms with van der Waals surface area (Å²) in [6, 6.07) is -0.564. The van der Waals surface area contributed by atoms with Crippen LogP contribution in [0.25, 0.3) is 0 Å². The minimum atomic E-state index is -4.64. The van der Waals surface area contributed by atoms with Gasteiger partial charge in [0.15, 0.2) is 0 Å². The summed E-state index contributed by atoms with van der Waals surface area (Å²) < 4.78 is 53.3. The van der Waals surface area contributed by atoms with Crippen molar-refractivity contribution in [2.24, 2.45) is 5.73 Å². The Balaban J connectivity index is 2.07. The minimum Gasteiger partial charge on any atom is -0.432 e. The minimum absolute atomic E-state index is 0.0668. The maximum Gasteiger partial charge on any atom is 0.510 e. The lowest BCUT2D eigenvalue weighted by Crippen LogP contribution is -2.53. The molecule has 0 aliphatic carbocycles. The van der Waals surface area contributed by atoms with Crippen molar-refractivity contribution < 1.29 is 61.3 Å². The molecule has 216 valence electrons. The average Bonchev–Trinajstić information content (AvgIpc) is 3.13. The highest BCUT2D eigenvalue weighted by Gasteiger charge is 2.50. The Kier molecular flexibility index (Phi) is 11.5. The van der Waals surface area contributed by atoms with Gasteiger partial charge in [-0.25, -0.2) is 28.0 Å². The van der Waals surface area contributed by atoms with E-state index in [9.17, 15) is 24.1 Å². The number of aliphatic hydroxyl groups excluding tert-OH is 1. The highest BCUT2D eigenvalue weighted by atomic mass is 31.2. The number of aliphatic hydroxyl groups is 1. The Bertz CT molecular complexity index is 898. The fourth-order valence-electron chi connectivity index (χ4n) is 3.08. The van der Waals surface area contributed by atoms with Crippen LogP contribution in [0.2, 0.25) is 0 Å². The largest absolute Gasteiger partial charge is 0.510 e. The first kappa shape index (κ1) is 31.5. The van der Waals surface area contributed by atoms with E-state index in [-0.39, 0.29) is 6.42 Å². The molecule has 2 rings (SSSR count). The van der Waals surface area contributed by atoms with E-state index in [2.05, 4.69) is 21.4 Å². The van der Waals surface area contributed by atoms with Gasteiger partial charge in [-0.2, -0.15) is 0 Å². The predicted octanol–water partition coefficient (Wildman–Crippen LogP) is 2.04. The summed E-state index contributed by atoms with van der Waals surface area (Å²) in [5, 5.41) is 13.2. The Labute approximate surface area is 219 Å². The molecule has 2 amide bonds. The van der Waals surface area contributed by atoms with Gasteiger partial charge >= 0.3 is 26.2 Å². The molecule has 1 fully saturated rings. The van der Waals surface area contributed by atoms with Gasteiger partial charge in [-0.1, -0.05) is 6.08 Å². The molecule has 0 aromatic carbocycles. The molecule has 17 heteroatoms. The molecule has 16 nitrogen and oxygen atoms in total. The van der Waals surface area contributed by atoms with Crippen LogP contribution in [0.15, 0.2) is 24.9 Å². The number of hydrogen-bond acceptors (Lipinski definition) is 14. The SMILES string of the molecule is C=CC1(COP(=O)(OCOC(=O)OC(C)C)OCOC(=O)OC(C)C)OC(N2C=CC(N)NC2=O)CC1O. The molecule has 0 saturated carbocycles. The van der Waals surface area contributed by atoms with Crippen molar-refractivity contribution in [3.63, 3.8) is 0 Å². The molecule has 4 atom stereocenters. The Morgan fingerprint density at radius 1 is 1.21 bits per heavy atom. The Morgan fingerprint density at radius 2 is 1.76 bits per heavy atom. The predicted molar refractivity (Wildman–Crippen MR) is 127 cm³/mol. The van der Waals surface area contributed by atoms with Gasteiger partial charge in [0.25, 0.3) is 0 Å². The fourth-order valence-corrected chi connectivity index (χ4v) is 4.03. The standard InChI is InChI=1S/C21H34N3O13P/c1-6-21(15(25)9-17(37-21)24-8-7-16(22)23-18(24)26)10-32-38(29,33-11-30-19(27)35-13(2)3)34-12-31-20(28)36-14(4)5/h6-8,13-17,25H,1,9-12,22H2,2-5H3,(H,23,26). The average molecular weight is 567 g/mol. The van der Waals surface area contributed by atoms with Crippen LogP contribution in [0.4, 0.5) is 14.4 Å². The van der Waals surface area contributed by atoms with Crippen LogP contribution in [0, 0.1) is 0 Å². The topological polar surface area (TPSA) is 204 Å². The lowest BCUT2D eigenvalue weighted by atomic mass is 9.98. The van der Waals surface area contributed by atoms with Crippen LogP contribution in [0.5, 0.6) is 0 Å². The van der Waals surface area contributed by atoms with Gasteiger partial charge in [-0.05, 0) is 33.8 Å². The van der Waals surface area contributed by atoms with Crippen LogP contribution < -0.4 is 11.1 Å². The van der Waals surface area contributed by atoms with Gasteiger partial charge in [-0.15, -0.1) is 6.58 Å². The fraction of sp³-hybridized carbons (Fsp3) is 0.667. The summed E-state index contributed by atoms with van der Waals surface area (Å²) in [5.41, 5.74) is 3.97. The zero-order valence-corrected chi connectivity index (χ0v) is 22.4. The number of rotatable bonds is 13. The maximum atomic E-state index is 13.2. The number of ether oxygens (including phenoxy) is 5. The zero-order valence-electron chi connectivity index (χ0n) is 21.5. The number of amides is 2. The van der Waals surface area contributed by atoms with Gasteiger partial charge in [0.1, 0.15) is 11.8 Å². The van der Waals surface area contributed by atoms with Gasteiger partial charge in [0.2, 0.25) is 13.6 Å². The molecule has 2 heterocycles. The Morgan fingerprint density at radius 3 is 2.24 bits per heavy atom. The van der Waals surface area contributed by atoms with Crippen molar-refractivity contribution in [2.75, 3.05) is 20.2 Å². The number of nitrogens with zero attached hydrogens (tertiary/aromatic N) is 1. The first-order chi connectivity index (χ1) is 17.8. The molecule has 4 unspecified atom stereocenters. The van der Waals surface area contributed by atoms with E-state index in [1.165, 1.54) is 23.3 Å². The van der Waals surface area contributed by atoms with Crippen LogP contribution in [-0.4, -0.2) is 84.8 Å². The summed E-state index contributed by atoms with van der Waals surface area (Å²) in [6.45, 7) is 7.46. The van der Waals surface area contributed by atoms with E-state index in [1.807, 2.05) is 0 Å². The second-order valence-corrected chi connectivity index (χ2v) is 10.2. The van der Waals surface area contributed by atoms with Gasteiger partial charge in [0.05, 0.1) is 31.1 Å². The number of phosphoric acid groups is 1. The molecular weight excluding hydrogens is 533 g/mol. The smallest absolute Gasteiger partial charge is 0.432 e. The molecule has 0 radical (unpaired) electrons. The summed E-state index contributed by atoms with van der Waals surface area (Å²) in [5.74, 6) is 0. The molecule has 2 aliphatic heterocycles. The van der Waals surface area contributed by atoms with Crippen molar-refractivity contribution in [1.29, 1.82) is 0 Å². The summed E-state index contributed by atoms with van der Waals surface area (Å²) in [6.07, 6.45) is -2.08. The van der Waals surface area contributed by atoms with Crippen LogP contribution in [0.1, 0.15) is 34.1 Å². The lowest BCUT2D eigenvalue weighted by molar-refractivity contribution is -0.107. The third kappa shape index (κ3) is 9.23. The summed E-state index contributed by atoms with van der Waals surface area (Å²) in [4.78, 5) is 36.6. The van der Waals surface area contributed by atoms with Crippen molar-refractivity contribution in [1.82, 2.24) is 10.2 Å².